The van der Waals surface area contributed by atoms with E-state index in [0.717, 1.165) is 16.7 Å². The van der Waals surface area contributed by atoms with E-state index in [4.69, 9.17) is 27.1 Å². The Balaban J connectivity index is 0.00000194. The molecule has 0 saturated heterocycles. The third-order valence-corrected chi connectivity index (χ3v) is 13.8. The second-order valence-corrected chi connectivity index (χ2v) is 20.8. The van der Waals surface area contributed by atoms with Crippen LogP contribution >= 0.6 is 0 Å². The van der Waals surface area contributed by atoms with Gasteiger partial charge in [-0.1, -0.05) is 54.6 Å². The van der Waals surface area contributed by atoms with Crippen molar-refractivity contribution in [2.75, 3.05) is 35.6 Å². The number of aromatic hydroxyl groups is 6. The standard InChI is InChI=1S/C61H73N9O12.C2HF3O2/c62-28-4-1-7-46(68-55(77)34-37-10-25-49(71)52(74)31-37)59(80)65-43-19-13-40(14-20-43)58(41-15-21-44(22-16-41)66-60(81)47(8-2-5-29-63)69-56(78)35-38-11-26-50(72)53(75)32-38)42-17-23-45(24-18-42)67-61(82)48(9-3-6-30-64)70-57(79)36-39-12-27-51(73)54(76)33-39;3-2(4,5)1(6)7/h10-27,31-33,46-48,58,71-76H,1-9,28-30,34-36,62-64H2,(H,65,80)(H,66,81)(H,67,82)(H,68,77)(H,69,78)(H,70,79);(H,6,7)/t46-,47-,48-;/m1./s1. The van der Waals surface area contributed by atoms with Crippen LogP contribution in [0.5, 0.6) is 34.5 Å². The Morgan fingerprint density at radius 3 is 0.843 bits per heavy atom. The number of alkyl halides is 3. The summed E-state index contributed by atoms with van der Waals surface area (Å²) in [6, 6.07) is 30.8. The molecule has 0 spiro atoms. The summed E-state index contributed by atoms with van der Waals surface area (Å²) in [5.74, 6) is -8.11. The monoisotopic (exact) mass is 1240 g/mol. The number of phenols is 6. The van der Waals surface area contributed by atoms with E-state index < -0.39 is 71.6 Å². The Hall–Kier alpha value is -9.92. The summed E-state index contributed by atoms with van der Waals surface area (Å²) >= 11 is 0. The maximum Gasteiger partial charge on any atom is 0.490 e. The van der Waals surface area contributed by atoms with E-state index in [0.29, 0.717) is 111 Å². The first-order chi connectivity index (χ1) is 42.4. The second kappa shape index (κ2) is 34.4. The van der Waals surface area contributed by atoms with E-state index in [-0.39, 0.29) is 53.8 Å². The quantitative estimate of drug-likeness (QED) is 0.0137. The molecule has 6 aromatic rings. The number of hydrogen-bond donors (Lipinski definition) is 16. The number of nitrogens with two attached hydrogens (primary N) is 3. The Morgan fingerprint density at radius 2 is 0.629 bits per heavy atom. The van der Waals surface area contributed by atoms with Gasteiger partial charge in [0.05, 0.1) is 19.3 Å². The fraction of sp³-hybridized carbons (Fsp3) is 0.317. The molecular formula is C63H74F3N9O14. The highest BCUT2D eigenvalue weighted by molar-refractivity contribution is 5.99. The summed E-state index contributed by atoms with van der Waals surface area (Å²) in [6.45, 7) is 1.19. The molecule has 19 N–H and O–H groups in total. The number of carbonyl (C=O) groups is 7. The minimum absolute atomic E-state index is 0.153. The van der Waals surface area contributed by atoms with Crippen molar-refractivity contribution in [3.63, 3.8) is 0 Å². The number of carboxylic acid groups (broad SMARTS) is 1. The topological polar surface area (TPSA) is 411 Å². The van der Waals surface area contributed by atoms with Crippen molar-refractivity contribution >= 4 is 58.5 Å². The molecular weight excluding hydrogens is 1160 g/mol. The molecule has 0 aliphatic carbocycles. The van der Waals surface area contributed by atoms with Crippen LogP contribution in [0.4, 0.5) is 30.2 Å². The number of rotatable bonds is 30. The van der Waals surface area contributed by atoms with Crippen LogP contribution in [-0.4, -0.2) is 121 Å². The van der Waals surface area contributed by atoms with Crippen LogP contribution in [0, 0.1) is 0 Å². The number of anilines is 3. The number of phenolic OH excluding ortho intramolecular Hbond substituents is 6. The van der Waals surface area contributed by atoms with Gasteiger partial charge in [-0.15, -0.1) is 0 Å². The van der Waals surface area contributed by atoms with E-state index in [1.54, 1.807) is 36.4 Å². The fourth-order valence-electron chi connectivity index (χ4n) is 9.16. The van der Waals surface area contributed by atoms with Crippen molar-refractivity contribution in [1.82, 2.24) is 16.0 Å². The van der Waals surface area contributed by atoms with Gasteiger partial charge in [0.1, 0.15) is 18.1 Å². The summed E-state index contributed by atoms with van der Waals surface area (Å²) in [7, 11) is 0. The SMILES string of the molecule is NCCCC[C@@H](NC(=O)Cc1ccc(O)c(O)c1)C(=O)Nc1ccc(C(c2ccc(NC(=O)[C@@H](CCCCN)NC(=O)Cc3ccc(O)c(O)c3)cc2)c2ccc(NC(=O)[C@@H](CCCCN)NC(=O)Cc3ccc(O)c(O)c3)cc2)cc1.O=C(O)C(F)(F)F. The third kappa shape index (κ3) is 23.0. The van der Waals surface area contributed by atoms with Crippen LogP contribution in [0.2, 0.25) is 0 Å². The lowest BCUT2D eigenvalue weighted by Gasteiger charge is -2.22. The van der Waals surface area contributed by atoms with Crippen molar-refractivity contribution in [1.29, 1.82) is 0 Å². The van der Waals surface area contributed by atoms with Gasteiger partial charge in [-0.25, -0.2) is 4.79 Å². The lowest BCUT2D eigenvalue weighted by Crippen LogP contribution is -2.44. The normalized spacial score (nSPS) is 12.1. The molecule has 23 nitrogen and oxygen atoms in total. The largest absolute Gasteiger partial charge is 0.504 e. The first kappa shape index (κ1) is 69.8. The van der Waals surface area contributed by atoms with Crippen molar-refractivity contribution in [2.24, 2.45) is 17.2 Å². The van der Waals surface area contributed by atoms with Crippen LogP contribution in [-0.2, 0) is 52.8 Å². The molecule has 476 valence electrons. The molecule has 0 fully saturated rings. The van der Waals surface area contributed by atoms with Gasteiger partial charge in [0, 0.05) is 23.0 Å². The second-order valence-electron chi connectivity index (χ2n) is 20.8. The first-order valence-corrected chi connectivity index (χ1v) is 28.4. The van der Waals surface area contributed by atoms with Crippen molar-refractivity contribution in [3.05, 3.63) is 161 Å². The van der Waals surface area contributed by atoms with Crippen LogP contribution in [0.15, 0.2) is 127 Å². The van der Waals surface area contributed by atoms with Crippen LogP contribution in [0.3, 0.4) is 0 Å². The predicted molar refractivity (Wildman–Crippen MR) is 325 cm³/mol. The predicted octanol–water partition coefficient (Wildman–Crippen LogP) is 6.12. The number of benzene rings is 6. The van der Waals surface area contributed by atoms with Gasteiger partial charge >= 0.3 is 12.1 Å². The highest BCUT2D eigenvalue weighted by Crippen LogP contribution is 2.35. The van der Waals surface area contributed by atoms with Gasteiger partial charge in [0.2, 0.25) is 35.4 Å². The van der Waals surface area contributed by atoms with Crippen molar-refractivity contribution < 1.29 is 82.5 Å². The van der Waals surface area contributed by atoms with Gasteiger partial charge in [-0.05, 0) is 184 Å². The molecule has 0 bridgehead atoms. The number of aliphatic carboxylic acids is 1. The Kier molecular flexibility index (Phi) is 27.0. The molecule has 6 aromatic carbocycles. The minimum Gasteiger partial charge on any atom is -0.504 e. The molecule has 26 heteroatoms. The highest BCUT2D eigenvalue weighted by Gasteiger charge is 2.38. The summed E-state index contributed by atoms with van der Waals surface area (Å²) in [6.07, 6.45) is -1.10. The van der Waals surface area contributed by atoms with E-state index in [2.05, 4.69) is 31.9 Å². The smallest absolute Gasteiger partial charge is 0.490 e. The molecule has 6 rings (SSSR count). The van der Waals surface area contributed by atoms with Crippen LogP contribution in [0.25, 0.3) is 0 Å². The molecule has 0 saturated carbocycles. The highest BCUT2D eigenvalue weighted by atomic mass is 19.4. The lowest BCUT2D eigenvalue weighted by molar-refractivity contribution is -0.192. The number of halogens is 3. The van der Waals surface area contributed by atoms with Crippen LogP contribution < -0.4 is 49.1 Å². The van der Waals surface area contributed by atoms with Crippen molar-refractivity contribution in [3.8, 4) is 34.5 Å². The summed E-state index contributed by atoms with van der Waals surface area (Å²) in [5.41, 5.74) is 22.2. The Labute approximate surface area is 510 Å². The van der Waals surface area contributed by atoms with E-state index in [1.807, 2.05) is 36.4 Å². The molecule has 6 amide bonds. The zero-order valence-corrected chi connectivity index (χ0v) is 48.4. The van der Waals surface area contributed by atoms with Gasteiger partial charge in [0.15, 0.2) is 34.5 Å². The first-order valence-electron chi connectivity index (χ1n) is 28.4. The maximum atomic E-state index is 13.8. The fourth-order valence-corrected chi connectivity index (χ4v) is 9.16. The Morgan fingerprint density at radius 1 is 0.382 bits per heavy atom. The van der Waals surface area contributed by atoms with Gasteiger partial charge in [-0.3, -0.25) is 28.8 Å². The third-order valence-electron chi connectivity index (χ3n) is 13.8. The molecule has 3 atom stereocenters. The average molecular weight is 1240 g/mol. The number of hydrogen-bond acceptors (Lipinski definition) is 16. The molecule has 0 aliphatic rings. The molecule has 0 radical (unpaired) electrons. The van der Waals surface area contributed by atoms with E-state index in [9.17, 15) is 72.6 Å². The average Bonchev–Trinajstić information content (AvgIpc) is 1.05. The van der Waals surface area contributed by atoms with Crippen molar-refractivity contribution in [2.45, 2.75) is 107 Å². The number of amides is 6. The number of nitrogens with one attached hydrogen (secondary N) is 6. The van der Waals surface area contributed by atoms with Crippen LogP contribution in [0.1, 0.15) is 97.1 Å². The number of carbonyl (C=O) groups excluding carboxylic acids is 6. The number of unbranched alkanes of at least 4 members (excludes halogenated alkanes) is 3. The zero-order chi connectivity index (χ0) is 65.2. The minimum atomic E-state index is -5.08. The molecule has 89 heavy (non-hydrogen) atoms. The summed E-state index contributed by atoms with van der Waals surface area (Å²) in [4.78, 5) is 89.8. The molecule has 0 heterocycles. The van der Waals surface area contributed by atoms with E-state index in [1.165, 1.54) is 54.6 Å². The molecule has 0 aromatic heterocycles. The Bertz CT molecular complexity index is 3020. The van der Waals surface area contributed by atoms with Gasteiger partial charge in [0.25, 0.3) is 0 Å². The van der Waals surface area contributed by atoms with E-state index >= 15 is 0 Å². The van der Waals surface area contributed by atoms with Gasteiger partial charge < -0.3 is 84.8 Å². The summed E-state index contributed by atoms with van der Waals surface area (Å²) < 4.78 is 31.7. The molecule has 0 aliphatic heterocycles. The summed E-state index contributed by atoms with van der Waals surface area (Å²) in [5, 5.41) is 83.2. The number of carboxylic acids is 1. The lowest BCUT2D eigenvalue weighted by atomic mass is 9.85. The molecule has 0 unspecified atom stereocenters. The maximum absolute atomic E-state index is 13.8. The zero-order valence-electron chi connectivity index (χ0n) is 48.4. The van der Waals surface area contributed by atoms with Gasteiger partial charge in [-0.2, -0.15) is 13.2 Å².